The van der Waals surface area contributed by atoms with E-state index in [1.54, 1.807) is 6.26 Å². The minimum absolute atomic E-state index is 0.0137. The summed E-state index contributed by atoms with van der Waals surface area (Å²) >= 11 is 0. The quantitative estimate of drug-likeness (QED) is 0.0214. The van der Waals surface area contributed by atoms with Gasteiger partial charge in [0, 0.05) is 13.0 Å². The molecule has 50 heavy (non-hydrogen) atoms. The molecular formula is C41H74NO7P. The number of esters is 1. The van der Waals surface area contributed by atoms with E-state index in [4.69, 9.17) is 24.3 Å². The van der Waals surface area contributed by atoms with Crippen LogP contribution in [0.4, 0.5) is 0 Å². The Morgan fingerprint density at radius 1 is 0.640 bits per heavy atom. The zero-order valence-electron chi connectivity index (χ0n) is 31.9. The molecule has 0 rings (SSSR count). The first-order valence-electron chi connectivity index (χ1n) is 19.8. The maximum Gasteiger partial charge on any atom is 0.472 e. The summed E-state index contributed by atoms with van der Waals surface area (Å²) in [6.45, 7) is 4.07. The summed E-state index contributed by atoms with van der Waals surface area (Å²) in [5.74, 6) is -0.394. The fraction of sp³-hybridized carbons (Fsp3) is 0.732. The van der Waals surface area contributed by atoms with E-state index in [0.717, 1.165) is 51.4 Å². The summed E-state index contributed by atoms with van der Waals surface area (Å²) in [5, 5.41) is 0. The number of carbonyl (C=O) groups excluding carboxylic acids is 1. The number of ether oxygens (including phenoxy) is 2. The molecule has 0 heterocycles. The van der Waals surface area contributed by atoms with E-state index in [1.165, 1.54) is 83.5 Å². The van der Waals surface area contributed by atoms with Crippen LogP contribution < -0.4 is 5.73 Å². The van der Waals surface area contributed by atoms with Crippen molar-refractivity contribution in [2.24, 2.45) is 5.73 Å². The van der Waals surface area contributed by atoms with Crippen LogP contribution in [0.1, 0.15) is 162 Å². The van der Waals surface area contributed by atoms with E-state index in [-0.39, 0.29) is 32.8 Å². The lowest BCUT2D eigenvalue weighted by Gasteiger charge is -2.19. The van der Waals surface area contributed by atoms with Crippen molar-refractivity contribution in [3.05, 3.63) is 60.9 Å². The van der Waals surface area contributed by atoms with Gasteiger partial charge in [-0.15, -0.1) is 0 Å². The first kappa shape index (κ1) is 48.0. The maximum absolute atomic E-state index is 12.5. The van der Waals surface area contributed by atoms with Gasteiger partial charge in [-0.05, 0) is 63.9 Å². The number of rotatable bonds is 37. The van der Waals surface area contributed by atoms with Gasteiger partial charge in [0.15, 0.2) is 6.10 Å². The molecule has 0 amide bonds. The number of phosphoric ester groups is 1. The Kier molecular flexibility index (Phi) is 36.8. The summed E-state index contributed by atoms with van der Waals surface area (Å²) < 4.78 is 33.0. The van der Waals surface area contributed by atoms with Crippen LogP contribution in [0.3, 0.4) is 0 Å². The van der Waals surface area contributed by atoms with E-state index in [1.807, 2.05) is 6.08 Å². The minimum atomic E-state index is -4.30. The molecule has 0 aromatic heterocycles. The molecule has 0 aliphatic heterocycles. The van der Waals surface area contributed by atoms with Crippen LogP contribution in [0, 0.1) is 0 Å². The van der Waals surface area contributed by atoms with Crippen molar-refractivity contribution >= 4 is 13.8 Å². The Bertz CT molecular complexity index is 947. The van der Waals surface area contributed by atoms with E-state index in [2.05, 4.69) is 62.5 Å². The molecule has 1 unspecified atom stereocenters. The van der Waals surface area contributed by atoms with Crippen LogP contribution in [0.2, 0.25) is 0 Å². The molecule has 0 bridgehead atoms. The molecule has 0 aromatic carbocycles. The molecule has 2 atom stereocenters. The van der Waals surface area contributed by atoms with E-state index in [9.17, 15) is 14.3 Å². The first-order valence-corrected chi connectivity index (χ1v) is 21.3. The molecule has 0 aromatic rings. The van der Waals surface area contributed by atoms with Gasteiger partial charge in [-0.1, -0.05) is 146 Å². The molecule has 0 aliphatic rings. The minimum Gasteiger partial charge on any atom is -0.498 e. The normalized spacial score (nSPS) is 14.2. The average Bonchev–Trinajstić information content (AvgIpc) is 3.10. The van der Waals surface area contributed by atoms with E-state index >= 15 is 0 Å². The Balaban J connectivity index is 4.20. The lowest BCUT2D eigenvalue weighted by atomic mass is 10.0. The summed E-state index contributed by atoms with van der Waals surface area (Å²) in [5.41, 5.74) is 5.35. The van der Waals surface area contributed by atoms with E-state index < -0.39 is 19.9 Å². The van der Waals surface area contributed by atoms with Gasteiger partial charge in [-0.25, -0.2) is 4.57 Å². The highest BCUT2D eigenvalue weighted by atomic mass is 31.2. The van der Waals surface area contributed by atoms with E-state index in [0.29, 0.717) is 6.42 Å². The highest BCUT2D eigenvalue weighted by Gasteiger charge is 2.25. The highest BCUT2D eigenvalue weighted by Crippen LogP contribution is 2.43. The highest BCUT2D eigenvalue weighted by molar-refractivity contribution is 7.47. The van der Waals surface area contributed by atoms with Gasteiger partial charge in [0.05, 0.1) is 19.5 Å². The summed E-state index contributed by atoms with van der Waals surface area (Å²) in [6.07, 6.45) is 46.2. The molecule has 0 radical (unpaired) electrons. The molecule has 3 N–H and O–H groups in total. The number of allylic oxidation sites excluding steroid dienone is 9. The van der Waals surface area contributed by atoms with Crippen LogP contribution in [-0.2, 0) is 27.9 Å². The molecule has 0 saturated heterocycles. The number of carbonyl (C=O) groups is 1. The van der Waals surface area contributed by atoms with Gasteiger partial charge in [-0.2, -0.15) is 0 Å². The largest absolute Gasteiger partial charge is 0.498 e. The van der Waals surface area contributed by atoms with Gasteiger partial charge >= 0.3 is 13.8 Å². The van der Waals surface area contributed by atoms with Crippen LogP contribution in [-0.4, -0.2) is 43.3 Å². The Morgan fingerprint density at radius 2 is 1.14 bits per heavy atom. The summed E-state index contributed by atoms with van der Waals surface area (Å²) in [6, 6.07) is 0. The summed E-state index contributed by atoms with van der Waals surface area (Å²) in [4.78, 5) is 22.4. The van der Waals surface area contributed by atoms with Crippen molar-refractivity contribution in [1.29, 1.82) is 0 Å². The molecule has 0 spiro atoms. The second-order valence-electron chi connectivity index (χ2n) is 12.8. The monoisotopic (exact) mass is 724 g/mol. The predicted molar refractivity (Wildman–Crippen MR) is 210 cm³/mol. The lowest BCUT2D eigenvalue weighted by molar-refractivity contribution is -0.153. The topological polar surface area (TPSA) is 117 Å². The third kappa shape index (κ3) is 37.3. The zero-order valence-corrected chi connectivity index (χ0v) is 32.8. The number of nitrogens with two attached hydrogens (primary N) is 1. The van der Waals surface area contributed by atoms with Crippen LogP contribution >= 0.6 is 7.82 Å². The van der Waals surface area contributed by atoms with Crippen LogP contribution in [0.25, 0.3) is 0 Å². The molecule has 9 heteroatoms. The molecular weight excluding hydrogens is 649 g/mol. The molecule has 290 valence electrons. The molecule has 8 nitrogen and oxygen atoms in total. The van der Waals surface area contributed by atoms with Crippen molar-refractivity contribution in [2.45, 2.75) is 168 Å². The van der Waals surface area contributed by atoms with Gasteiger partial charge in [-0.3, -0.25) is 13.8 Å². The first-order chi connectivity index (χ1) is 24.4. The van der Waals surface area contributed by atoms with Crippen molar-refractivity contribution in [3.8, 4) is 0 Å². The Morgan fingerprint density at radius 3 is 1.70 bits per heavy atom. The van der Waals surface area contributed by atoms with Crippen molar-refractivity contribution in [1.82, 2.24) is 0 Å². The lowest BCUT2D eigenvalue weighted by Crippen LogP contribution is -2.27. The van der Waals surface area contributed by atoms with Crippen molar-refractivity contribution in [3.63, 3.8) is 0 Å². The zero-order chi connectivity index (χ0) is 36.6. The standard InChI is InChI=1S/C41H74NO7P/c1-3-5-7-9-11-13-15-17-19-21-23-25-27-29-31-33-36-46-38-40(39-48-50(44,45)47-37-35-42)49-41(43)34-32-30-28-26-24-22-20-18-16-14-12-10-8-6-4-2/h6,8,12,14,18,20,24,26,33,36,40H,3-5,7,9-11,13,15-17,19,21-23,25,27-32,34-35,37-39,42H2,1-2H3,(H,44,45)/t40-/m1/s1. The summed E-state index contributed by atoms with van der Waals surface area (Å²) in [7, 11) is -4.30. The van der Waals surface area contributed by atoms with Gasteiger partial charge in [0.2, 0.25) is 0 Å². The maximum atomic E-state index is 12.5. The smallest absolute Gasteiger partial charge is 0.472 e. The predicted octanol–water partition coefficient (Wildman–Crippen LogP) is 11.8. The average molecular weight is 724 g/mol. The van der Waals surface area contributed by atoms with Crippen molar-refractivity contribution in [2.75, 3.05) is 26.4 Å². The number of phosphoric acid groups is 1. The number of hydrogen-bond donors (Lipinski definition) is 2. The fourth-order valence-corrected chi connectivity index (χ4v) is 5.89. The fourth-order valence-electron chi connectivity index (χ4n) is 5.13. The number of hydrogen-bond acceptors (Lipinski definition) is 7. The SMILES string of the molecule is CCC=CCC=CCC=CCC=CCCCCC(=O)O[C@H](COC=CCCCCCCCCCCCCCCCC)COP(=O)(O)OCCN. The van der Waals surface area contributed by atoms with Crippen molar-refractivity contribution < 1.29 is 32.8 Å². The second-order valence-corrected chi connectivity index (χ2v) is 14.3. The molecule has 0 aliphatic carbocycles. The van der Waals surface area contributed by atoms with Crippen LogP contribution in [0.5, 0.6) is 0 Å². The molecule has 0 saturated carbocycles. The Labute approximate surface area is 306 Å². The second kappa shape index (κ2) is 38.3. The third-order valence-electron chi connectivity index (χ3n) is 8.01. The van der Waals surface area contributed by atoms with Gasteiger partial charge < -0.3 is 20.1 Å². The molecule has 0 fully saturated rings. The third-order valence-corrected chi connectivity index (χ3v) is 9.00. The Hall–Kier alpha value is -1.96. The van der Waals surface area contributed by atoms with Gasteiger partial charge in [0.1, 0.15) is 6.61 Å². The number of unbranched alkanes of at least 4 members (excludes halogenated alkanes) is 16. The van der Waals surface area contributed by atoms with Gasteiger partial charge in [0.25, 0.3) is 0 Å². The van der Waals surface area contributed by atoms with Crippen LogP contribution in [0.15, 0.2) is 60.9 Å².